The normalized spacial score (nSPS) is 20.7. The molecule has 1 aliphatic rings. The fraction of sp³-hybridized carbons (Fsp3) is 0.857. The molecule has 0 saturated carbocycles. The first-order valence-corrected chi connectivity index (χ1v) is 7.34. The van der Waals surface area contributed by atoms with Crippen molar-refractivity contribution in [3.63, 3.8) is 0 Å². The molecular weight excluding hydrogens is 240 g/mol. The number of aliphatic imine (C=N–C) groups is 1. The van der Waals surface area contributed by atoms with Gasteiger partial charge in [0, 0.05) is 32.6 Å². The summed E-state index contributed by atoms with van der Waals surface area (Å²) in [6.45, 7) is 10.0. The molecule has 0 aromatic rings. The Morgan fingerprint density at radius 1 is 1.53 bits per heavy atom. The monoisotopic (exact) mass is 268 g/mol. The molecule has 1 rings (SSSR count). The number of likely N-dealkylation sites (tertiary alicyclic amines) is 1. The van der Waals surface area contributed by atoms with Crippen molar-refractivity contribution in [2.45, 2.75) is 40.0 Å². The van der Waals surface area contributed by atoms with Crippen molar-refractivity contribution in [1.29, 1.82) is 0 Å². The zero-order valence-electron chi connectivity index (χ0n) is 12.5. The molecule has 0 aromatic carbocycles. The zero-order chi connectivity index (χ0) is 14.3. The summed E-state index contributed by atoms with van der Waals surface area (Å²) < 4.78 is 0. The summed E-state index contributed by atoms with van der Waals surface area (Å²) in [7, 11) is 0. The van der Waals surface area contributed by atoms with Crippen LogP contribution in [0.1, 0.15) is 40.0 Å². The highest BCUT2D eigenvalue weighted by atomic mass is 16.1. The Morgan fingerprint density at radius 2 is 2.26 bits per heavy atom. The molecule has 0 aromatic heterocycles. The predicted octanol–water partition coefficient (Wildman–Crippen LogP) is 1.20. The summed E-state index contributed by atoms with van der Waals surface area (Å²) >= 11 is 0. The molecule has 5 nitrogen and oxygen atoms in total. The van der Waals surface area contributed by atoms with Crippen LogP contribution in [0.25, 0.3) is 0 Å². The van der Waals surface area contributed by atoms with E-state index in [0.717, 1.165) is 45.0 Å². The summed E-state index contributed by atoms with van der Waals surface area (Å²) in [6.07, 6.45) is 2.67. The van der Waals surface area contributed by atoms with E-state index in [1.807, 2.05) is 0 Å². The maximum Gasteiger partial charge on any atom is 0.217 e. The lowest BCUT2D eigenvalue weighted by molar-refractivity contribution is -0.119. The second kappa shape index (κ2) is 8.02. The fourth-order valence-corrected chi connectivity index (χ4v) is 2.40. The average molecular weight is 268 g/mol. The number of guanidine groups is 1. The third-order valence-electron chi connectivity index (χ3n) is 3.25. The van der Waals surface area contributed by atoms with Crippen molar-refractivity contribution in [2.24, 2.45) is 22.6 Å². The van der Waals surface area contributed by atoms with E-state index in [9.17, 15) is 4.79 Å². The van der Waals surface area contributed by atoms with Crippen LogP contribution in [0.15, 0.2) is 4.99 Å². The molecule has 1 saturated heterocycles. The highest BCUT2D eigenvalue weighted by Crippen LogP contribution is 2.19. The van der Waals surface area contributed by atoms with Gasteiger partial charge in [0.05, 0.1) is 0 Å². The van der Waals surface area contributed by atoms with Crippen LogP contribution in [0.5, 0.6) is 0 Å². The molecule has 1 heterocycles. The number of nitrogens with zero attached hydrogens (tertiary/aromatic N) is 2. The number of primary amides is 1. The molecule has 110 valence electrons. The quantitative estimate of drug-likeness (QED) is 0.581. The maximum absolute atomic E-state index is 11.0. The van der Waals surface area contributed by atoms with E-state index in [2.05, 4.69) is 36.0 Å². The van der Waals surface area contributed by atoms with E-state index < -0.39 is 0 Å². The van der Waals surface area contributed by atoms with Crippen molar-refractivity contribution in [3.05, 3.63) is 0 Å². The average Bonchev–Trinajstić information content (AvgIpc) is 2.33. The summed E-state index contributed by atoms with van der Waals surface area (Å²) in [5.74, 6) is 1.70. The van der Waals surface area contributed by atoms with Gasteiger partial charge < -0.3 is 16.0 Å². The number of carbonyl (C=O) groups is 1. The minimum Gasteiger partial charge on any atom is -0.370 e. The van der Waals surface area contributed by atoms with Crippen molar-refractivity contribution < 1.29 is 4.79 Å². The second-order valence-electron chi connectivity index (χ2n) is 5.71. The molecule has 1 aliphatic heterocycles. The number of carbonyl (C=O) groups excluding carboxylic acids is 1. The van der Waals surface area contributed by atoms with Gasteiger partial charge in [-0.1, -0.05) is 13.8 Å². The van der Waals surface area contributed by atoms with Gasteiger partial charge in [-0.25, -0.2) is 0 Å². The Balaban J connectivity index is 2.62. The second-order valence-corrected chi connectivity index (χ2v) is 5.71. The van der Waals surface area contributed by atoms with Gasteiger partial charge in [0.1, 0.15) is 0 Å². The molecule has 0 spiro atoms. The summed E-state index contributed by atoms with van der Waals surface area (Å²) in [5, 5.41) is 3.34. The van der Waals surface area contributed by atoms with Gasteiger partial charge in [-0.15, -0.1) is 0 Å². The number of hydrogen-bond donors (Lipinski definition) is 2. The number of nitrogens with two attached hydrogens (primary N) is 1. The molecule has 0 aliphatic carbocycles. The molecule has 1 amide bonds. The fourth-order valence-electron chi connectivity index (χ4n) is 2.40. The third-order valence-corrected chi connectivity index (χ3v) is 3.25. The van der Waals surface area contributed by atoms with Crippen molar-refractivity contribution in [2.75, 3.05) is 26.2 Å². The first-order valence-electron chi connectivity index (χ1n) is 7.34. The number of rotatable bonds is 5. The summed E-state index contributed by atoms with van der Waals surface area (Å²) in [6, 6.07) is 0. The molecule has 0 bridgehead atoms. The number of hydrogen-bond acceptors (Lipinski definition) is 2. The number of nitrogens with one attached hydrogen (secondary N) is 1. The van der Waals surface area contributed by atoms with Gasteiger partial charge in [-0.05, 0) is 31.6 Å². The number of amides is 1. The van der Waals surface area contributed by atoms with Crippen molar-refractivity contribution in [3.8, 4) is 0 Å². The van der Waals surface area contributed by atoms with Crippen LogP contribution < -0.4 is 11.1 Å². The van der Waals surface area contributed by atoms with Gasteiger partial charge in [0.2, 0.25) is 5.91 Å². The first kappa shape index (κ1) is 15.8. The lowest BCUT2D eigenvalue weighted by atomic mass is 9.95. The van der Waals surface area contributed by atoms with Gasteiger partial charge in [-0.2, -0.15) is 0 Å². The molecule has 1 atom stereocenters. The van der Waals surface area contributed by atoms with Crippen LogP contribution in [0.3, 0.4) is 0 Å². The van der Waals surface area contributed by atoms with E-state index in [1.54, 1.807) is 0 Å². The standard InChI is InChI=1S/C14H28N4O/c1-4-16-14(17-9-11(2)3)18-7-5-6-12(10-18)8-13(15)19/h11-12H,4-10H2,1-3H3,(H2,15,19)(H,16,17). The largest absolute Gasteiger partial charge is 0.370 e. The van der Waals surface area contributed by atoms with Crippen LogP contribution in [0.4, 0.5) is 0 Å². The van der Waals surface area contributed by atoms with Crippen LogP contribution in [0.2, 0.25) is 0 Å². The Hall–Kier alpha value is -1.26. The zero-order valence-corrected chi connectivity index (χ0v) is 12.5. The molecule has 1 unspecified atom stereocenters. The van der Waals surface area contributed by atoms with E-state index in [4.69, 9.17) is 5.73 Å². The van der Waals surface area contributed by atoms with Crippen molar-refractivity contribution >= 4 is 11.9 Å². The first-order chi connectivity index (χ1) is 9.02. The van der Waals surface area contributed by atoms with E-state index in [-0.39, 0.29) is 5.91 Å². The Kier molecular flexibility index (Phi) is 6.67. The van der Waals surface area contributed by atoms with Crippen LogP contribution in [0, 0.1) is 11.8 Å². The number of piperidine rings is 1. The Bertz CT molecular complexity index is 315. The van der Waals surface area contributed by atoms with Crippen LogP contribution in [-0.2, 0) is 4.79 Å². The SMILES string of the molecule is CCNC(=NCC(C)C)N1CCCC(CC(N)=O)C1. The summed E-state index contributed by atoms with van der Waals surface area (Å²) in [5.41, 5.74) is 5.30. The molecule has 3 N–H and O–H groups in total. The van der Waals surface area contributed by atoms with E-state index in [1.165, 1.54) is 0 Å². The molecule has 19 heavy (non-hydrogen) atoms. The smallest absolute Gasteiger partial charge is 0.217 e. The Morgan fingerprint density at radius 3 is 2.84 bits per heavy atom. The Labute approximate surface area is 116 Å². The van der Waals surface area contributed by atoms with Crippen molar-refractivity contribution in [1.82, 2.24) is 10.2 Å². The van der Waals surface area contributed by atoms with E-state index in [0.29, 0.717) is 18.3 Å². The van der Waals surface area contributed by atoms with Crippen LogP contribution >= 0.6 is 0 Å². The molecule has 5 heteroatoms. The topological polar surface area (TPSA) is 70.7 Å². The third kappa shape index (κ3) is 5.94. The highest BCUT2D eigenvalue weighted by Gasteiger charge is 2.23. The lowest BCUT2D eigenvalue weighted by Gasteiger charge is -2.34. The maximum atomic E-state index is 11.0. The van der Waals surface area contributed by atoms with Gasteiger partial charge in [0.15, 0.2) is 5.96 Å². The van der Waals surface area contributed by atoms with Gasteiger partial charge in [-0.3, -0.25) is 9.79 Å². The highest BCUT2D eigenvalue weighted by molar-refractivity contribution is 5.80. The lowest BCUT2D eigenvalue weighted by Crippen LogP contribution is -2.47. The molecule has 1 fully saturated rings. The summed E-state index contributed by atoms with van der Waals surface area (Å²) in [4.78, 5) is 18.0. The van der Waals surface area contributed by atoms with E-state index >= 15 is 0 Å². The minimum atomic E-state index is -0.198. The van der Waals surface area contributed by atoms with Gasteiger partial charge in [0.25, 0.3) is 0 Å². The predicted molar refractivity (Wildman–Crippen MR) is 78.9 cm³/mol. The molecule has 0 radical (unpaired) electrons. The van der Waals surface area contributed by atoms with Crippen LogP contribution in [-0.4, -0.2) is 42.9 Å². The van der Waals surface area contributed by atoms with Gasteiger partial charge >= 0.3 is 0 Å². The minimum absolute atomic E-state index is 0.198. The molecular formula is C14H28N4O.